The number of carboxylic acids is 1. The molecule has 0 bridgehead atoms. The van der Waals surface area contributed by atoms with Crippen LogP contribution >= 0.6 is 34.8 Å². The van der Waals surface area contributed by atoms with Crippen LogP contribution in [0.5, 0.6) is 5.75 Å². The monoisotopic (exact) mass is 607 g/mol. The minimum atomic E-state index is -1.15. The topological polar surface area (TPSA) is 130 Å². The second-order valence-corrected chi connectivity index (χ2v) is 10.5. The highest BCUT2D eigenvalue weighted by molar-refractivity contribution is 6.35. The van der Waals surface area contributed by atoms with E-state index in [4.69, 9.17) is 44.0 Å². The Morgan fingerprint density at radius 1 is 1.05 bits per heavy atom. The van der Waals surface area contributed by atoms with Gasteiger partial charge in [0.25, 0.3) is 5.91 Å². The normalized spacial score (nSPS) is 11.9. The summed E-state index contributed by atoms with van der Waals surface area (Å²) in [5.41, 5.74) is 2.91. The van der Waals surface area contributed by atoms with Gasteiger partial charge in [0.15, 0.2) is 0 Å². The van der Waals surface area contributed by atoms with Crippen molar-refractivity contribution in [1.29, 1.82) is 0 Å². The Balaban J connectivity index is 1.52. The number of nitrogens with one attached hydrogen (secondary N) is 2. The van der Waals surface area contributed by atoms with Crippen LogP contribution < -0.4 is 15.5 Å². The van der Waals surface area contributed by atoms with Gasteiger partial charge in [0.2, 0.25) is 5.91 Å². The van der Waals surface area contributed by atoms with E-state index >= 15 is 0 Å². The van der Waals surface area contributed by atoms with Crippen LogP contribution in [-0.4, -0.2) is 41.8 Å². The Bertz CT molecular complexity index is 1390. The number of nitrogens with zero attached hydrogens (tertiary/aromatic N) is 1. The van der Waals surface area contributed by atoms with E-state index < -0.39 is 17.9 Å². The first-order valence-electron chi connectivity index (χ1n) is 12.4. The number of hydrogen-bond acceptors (Lipinski definition) is 6. The van der Waals surface area contributed by atoms with Crippen LogP contribution in [0, 0.1) is 5.92 Å². The van der Waals surface area contributed by atoms with Gasteiger partial charge in [-0.3, -0.25) is 9.59 Å². The molecule has 9 nitrogen and oxygen atoms in total. The van der Waals surface area contributed by atoms with E-state index in [1.165, 1.54) is 18.3 Å². The predicted molar refractivity (Wildman–Crippen MR) is 154 cm³/mol. The van der Waals surface area contributed by atoms with Gasteiger partial charge < -0.3 is 19.6 Å². The minimum absolute atomic E-state index is 0.0465. The second-order valence-electron chi connectivity index (χ2n) is 9.21. The third-order valence-corrected chi connectivity index (χ3v) is 6.39. The number of furan rings is 1. The van der Waals surface area contributed by atoms with Gasteiger partial charge in [0.05, 0.1) is 28.4 Å². The number of carbonyl (C=O) groups excluding carboxylic acids is 2. The van der Waals surface area contributed by atoms with Gasteiger partial charge in [-0.15, -0.1) is 0 Å². The van der Waals surface area contributed by atoms with Crippen LogP contribution in [-0.2, 0) is 9.59 Å². The molecular formula is C28H28Cl3N3O6. The van der Waals surface area contributed by atoms with E-state index in [9.17, 15) is 19.5 Å². The van der Waals surface area contributed by atoms with Crippen molar-refractivity contribution in [1.82, 2.24) is 10.7 Å². The summed E-state index contributed by atoms with van der Waals surface area (Å²) in [6.07, 6.45) is 2.29. The lowest BCUT2D eigenvalue weighted by Crippen LogP contribution is -2.46. The van der Waals surface area contributed by atoms with Gasteiger partial charge in [0.1, 0.15) is 23.3 Å². The van der Waals surface area contributed by atoms with Crippen molar-refractivity contribution in [3.63, 3.8) is 0 Å². The van der Waals surface area contributed by atoms with Crippen LogP contribution in [0.15, 0.2) is 58.0 Å². The van der Waals surface area contributed by atoms with E-state index in [0.29, 0.717) is 45.7 Å². The maximum absolute atomic E-state index is 12.8. The quantitative estimate of drug-likeness (QED) is 0.116. The fourth-order valence-electron chi connectivity index (χ4n) is 3.63. The summed E-state index contributed by atoms with van der Waals surface area (Å²) in [7, 11) is 0. The highest BCUT2D eigenvalue weighted by atomic mass is 35.5. The SMILES string of the molecule is CC(C)C[C@@H](NC(=O)CCCOc1ccc(Cl)cc1Cl)C(=O)N/N=C\c1ccc(-c2ccc(Cl)c(C(=O)O)c2)o1. The standard InChI is InChI=1S/C28H28Cl3N3O6/c1-16(2)12-23(33-26(35)4-3-11-39-25-9-6-18(29)14-22(25)31)27(36)34-32-15-19-7-10-24(40-19)17-5-8-21(30)20(13-17)28(37)38/h5-10,13-16,23H,3-4,11-12H2,1-2H3,(H,33,35)(H,34,36)(H,37,38)/b32-15-/t23-/m1/s1. The van der Waals surface area contributed by atoms with Gasteiger partial charge in [-0.25, -0.2) is 10.2 Å². The van der Waals surface area contributed by atoms with Crippen LogP contribution in [0.3, 0.4) is 0 Å². The van der Waals surface area contributed by atoms with Gasteiger partial charge in [-0.05, 0) is 67.3 Å². The molecule has 1 heterocycles. The molecule has 12 heteroatoms. The summed E-state index contributed by atoms with van der Waals surface area (Å²) in [5, 5.41) is 17.0. The van der Waals surface area contributed by atoms with Crippen molar-refractivity contribution in [2.24, 2.45) is 11.0 Å². The Morgan fingerprint density at radius 3 is 2.52 bits per heavy atom. The number of ether oxygens (including phenoxy) is 1. The Labute approximate surface area is 246 Å². The Kier molecular flexibility index (Phi) is 11.4. The zero-order chi connectivity index (χ0) is 29.2. The molecule has 0 aliphatic heterocycles. The molecular weight excluding hydrogens is 581 g/mol. The minimum Gasteiger partial charge on any atom is -0.492 e. The summed E-state index contributed by atoms with van der Waals surface area (Å²) < 4.78 is 11.3. The first-order valence-corrected chi connectivity index (χ1v) is 13.5. The van der Waals surface area contributed by atoms with E-state index in [-0.39, 0.29) is 35.4 Å². The molecule has 212 valence electrons. The van der Waals surface area contributed by atoms with Gasteiger partial charge in [-0.1, -0.05) is 48.7 Å². The lowest BCUT2D eigenvalue weighted by Gasteiger charge is -2.19. The maximum Gasteiger partial charge on any atom is 0.337 e. The first-order chi connectivity index (χ1) is 19.0. The first kappa shape index (κ1) is 31.0. The van der Waals surface area contributed by atoms with E-state index in [2.05, 4.69) is 15.8 Å². The molecule has 0 radical (unpaired) electrons. The lowest BCUT2D eigenvalue weighted by molar-refractivity contribution is -0.129. The molecule has 0 unspecified atom stereocenters. The molecule has 0 saturated heterocycles. The number of benzene rings is 2. The number of carboxylic acid groups (broad SMARTS) is 1. The van der Waals surface area contributed by atoms with Gasteiger partial charge in [0, 0.05) is 17.0 Å². The molecule has 0 saturated carbocycles. The molecule has 1 aromatic heterocycles. The van der Waals surface area contributed by atoms with Crippen molar-refractivity contribution >= 4 is 58.8 Å². The molecule has 0 spiro atoms. The number of hydrazone groups is 1. The molecule has 0 fully saturated rings. The Morgan fingerprint density at radius 2 is 1.82 bits per heavy atom. The maximum atomic E-state index is 12.8. The highest BCUT2D eigenvalue weighted by Gasteiger charge is 2.21. The molecule has 3 aromatic rings. The van der Waals surface area contributed by atoms with Crippen LogP contribution in [0.4, 0.5) is 0 Å². The number of amides is 2. The summed E-state index contributed by atoms with van der Waals surface area (Å²) in [5.74, 6) is -0.580. The zero-order valence-corrected chi connectivity index (χ0v) is 24.0. The van der Waals surface area contributed by atoms with Crippen molar-refractivity contribution in [2.45, 2.75) is 39.2 Å². The fourth-order valence-corrected chi connectivity index (χ4v) is 4.30. The molecule has 2 aromatic carbocycles. The fraction of sp³-hybridized carbons (Fsp3) is 0.286. The third-order valence-electron chi connectivity index (χ3n) is 5.53. The van der Waals surface area contributed by atoms with Gasteiger partial charge >= 0.3 is 5.97 Å². The molecule has 3 N–H and O–H groups in total. The number of aromatic carboxylic acids is 1. The molecule has 0 aliphatic carbocycles. The summed E-state index contributed by atoms with van der Waals surface area (Å²) in [6.45, 7) is 4.14. The lowest BCUT2D eigenvalue weighted by atomic mass is 10.0. The molecule has 3 rings (SSSR count). The van der Waals surface area contributed by atoms with Crippen molar-refractivity contribution < 1.29 is 28.6 Å². The van der Waals surface area contributed by atoms with Crippen molar-refractivity contribution in [3.05, 3.63) is 74.9 Å². The third kappa shape index (κ3) is 9.29. The Hall–Kier alpha value is -3.53. The van der Waals surface area contributed by atoms with E-state index in [1.807, 2.05) is 13.8 Å². The number of halogens is 3. The number of hydrogen-bond donors (Lipinski definition) is 3. The second kappa shape index (κ2) is 14.7. The summed E-state index contributed by atoms with van der Waals surface area (Å²) in [4.78, 5) is 36.6. The number of rotatable bonds is 13. The van der Waals surface area contributed by atoms with Crippen LogP contribution in [0.2, 0.25) is 15.1 Å². The van der Waals surface area contributed by atoms with Gasteiger partial charge in [-0.2, -0.15) is 5.10 Å². The number of carbonyl (C=O) groups is 3. The molecule has 0 aliphatic rings. The van der Waals surface area contributed by atoms with E-state index in [1.54, 1.807) is 36.4 Å². The summed E-state index contributed by atoms with van der Waals surface area (Å²) in [6, 6.07) is 11.9. The average Bonchev–Trinajstić information content (AvgIpc) is 3.36. The van der Waals surface area contributed by atoms with Crippen molar-refractivity contribution in [2.75, 3.05) is 6.61 Å². The molecule has 40 heavy (non-hydrogen) atoms. The average molecular weight is 609 g/mol. The van der Waals surface area contributed by atoms with Crippen molar-refractivity contribution in [3.8, 4) is 17.1 Å². The largest absolute Gasteiger partial charge is 0.492 e. The molecule has 1 atom stereocenters. The predicted octanol–water partition coefficient (Wildman–Crippen LogP) is 6.45. The highest BCUT2D eigenvalue weighted by Crippen LogP contribution is 2.28. The summed E-state index contributed by atoms with van der Waals surface area (Å²) >= 11 is 17.9. The molecule has 2 amide bonds. The van der Waals surface area contributed by atoms with E-state index in [0.717, 1.165) is 0 Å². The van der Waals surface area contributed by atoms with Crippen LogP contribution in [0.1, 0.15) is 49.2 Å². The zero-order valence-electron chi connectivity index (χ0n) is 21.7. The smallest absolute Gasteiger partial charge is 0.337 e. The van der Waals surface area contributed by atoms with Crippen LogP contribution in [0.25, 0.3) is 11.3 Å².